The average Bonchev–Trinajstić information content (AvgIpc) is 3.19. The summed E-state index contributed by atoms with van der Waals surface area (Å²) in [5.41, 5.74) is 3.00. The van der Waals surface area contributed by atoms with Crippen LogP contribution in [0, 0.1) is 19.8 Å². The fourth-order valence-electron chi connectivity index (χ4n) is 3.52. The lowest BCUT2D eigenvalue weighted by Gasteiger charge is -2.33. The van der Waals surface area contributed by atoms with Gasteiger partial charge < -0.3 is 14.6 Å². The van der Waals surface area contributed by atoms with Crippen LogP contribution in [0.15, 0.2) is 23.6 Å². The zero-order valence-corrected chi connectivity index (χ0v) is 16.9. The number of rotatable bonds is 6. The molecular weight excluding hydrogens is 346 g/mol. The van der Waals surface area contributed by atoms with E-state index in [4.69, 9.17) is 4.74 Å². The van der Waals surface area contributed by atoms with Crippen LogP contribution >= 0.6 is 11.3 Å². The Morgan fingerprint density at radius 2 is 2.04 bits per heavy atom. The smallest absolute Gasteiger partial charge is 0.254 e. The van der Waals surface area contributed by atoms with Crippen LogP contribution in [0.5, 0.6) is 0 Å². The van der Waals surface area contributed by atoms with Crippen molar-refractivity contribution in [3.8, 4) is 5.00 Å². The summed E-state index contributed by atoms with van der Waals surface area (Å²) in [6.45, 7) is 12.8. The maximum absolute atomic E-state index is 12.8. The van der Waals surface area contributed by atoms with E-state index in [1.807, 2.05) is 11.4 Å². The van der Waals surface area contributed by atoms with E-state index in [0.717, 1.165) is 48.2 Å². The number of amides is 1. The molecule has 0 aromatic carbocycles. The third-order valence-corrected chi connectivity index (χ3v) is 5.60. The fourth-order valence-corrected chi connectivity index (χ4v) is 4.54. The topological polar surface area (TPSA) is 46.5 Å². The van der Waals surface area contributed by atoms with Gasteiger partial charge in [0.2, 0.25) is 0 Å². The van der Waals surface area contributed by atoms with Crippen molar-refractivity contribution in [3.05, 3.63) is 40.5 Å². The van der Waals surface area contributed by atoms with E-state index in [0.29, 0.717) is 12.5 Å². The molecule has 0 spiro atoms. The number of carbonyl (C=O) groups is 1. The van der Waals surface area contributed by atoms with Crippen LogP contribution in [0.25, 0.3) is 5.00 Å². The molecule has 3 rings (SSSR count). The van der Waals surface area contributed by atoms with E-state index < -0.39 is 0 Å². The molecule has 6 heteroatoms. The van der Waals surface area contributed by atoms with E-state index in [1.165, 1.54) is 0 Å². The summed E-state index contributed by atoms with van der Waals surface area (Å²) in [5.74, 6) is 0.614. The number of nitrogens with zero attached hydrogens (tertiary/aromatic N) is 2. The van der Waals surface area contributed by atoms with Gasteiger partial charge in [-0.15, -0.1) is 11.3 Å². The Kier molecular flexibility index (Phi) is 6.16. The Hall–Kier alpha value is -1.63. The minimum atomic E-state index is -0.0293. The fraction of sp³-hybridized carbons (Fsp3) is 0.550. The van der Waals surface area contributed by atoms with Gasteiger partial charge in [0.15, 0.2) is 0 Å². The van der Waals surface area contributed by atoms with Crippen LogP contribution in [0.1, 0.15) is 35.6 Å². The number of aromatic nitrogens is 1. The number of ether oxygens (including phenoxy) is 1. The molecule has 1 atom stereocenters. The number of thiophene rings is 1. The second-order valence-electron chi connectivity index (χ2n) is 7.45. The third kappa shape index (κ3) is 4.37. The van der Waals surface area contributed by atoms with Crippen LogP contribution in [-0.4, -0.2) is 54.3 Å². The molecule has 1 N–H and O–H groups in total. The first-order valence-electron chi connectivity index (χ1n) is 9.30. The second kappa shape index (κ2) is 8.37. The molecule has 1 amide bonds. The van der Waals surface area contributed by atoms with Gasteiger partial charge in [-0.2, -0.15) is 0 Å². The van der Waals surface area contributed by atoms with E-state index in [2.05, 4.69) is 54.6 Å². The predicted molar refractivity (Wildman–Crippen MR) is 106 cm³/mol. The lowest BCUT2D eigenvalue weighted by molar-refractivity contribution is -0.0295. The number of carbonyl (C=O) groups excluding carboxylic acids is 1. The Morgan fingerprint density at radius 3 is 2.73 bits per heavy atom. The zero-order chi connectivity index (χ0) is 18.7. The molecule has 2 aromatic heterocycles. The summed E-state index contributed by atoms with van der Waals surface area (Å²) >= 11 is 1.60. The lowest BCUT2D eigenvalue weighted by atomic mass is 10.1. The highest BCUT2D eigenvalue weighted by atomic mass is 32.1. The average molecular weight is 376 g/mol. The maximum atomic E-state index is 12.8. The number of nitrogens with one attached hydrogen (secondary N) is 1. The van der Waals surface area contributed by atoms with E-state index in [-0.39, 0.29) is 12.0 Å². The normalized spacial score (nSPS) is 18.4. The van der Waals surface area contributed by atoms with Crippen molar-refractivity contribution in [1.82, 2.24) is 14.8 Å². The SMILES string of the molecule is Cc1ccc(C)n1-c1sccc1C(=O)NCC1CN(CC(C)C)CCO1. The molecule has 1 saturated heterocycles. The minimum absolute atomic E-state index is 0.0293. The Bertz CT molecular complexity index is 731. The van der Waals surface area contributed by atoms with Gasteiger partial charge in [0, 0.05) is 37.6 Å². The van der Waals surface area contributed by atoms with Crippen LogP contribution in [-0.2, 0) is 4.74 Å². The molecule has 0 aliphatic carbocycles. The van der Waals surface area contributed by atoms with Gasteiger partial charge in [0.05, 0.1) is 18.3 Å². The monoisotopic (exact) mass is 375 g/mol. The summed E-state index contributed by atoms with van der Waals surface area (Å²) in [5, 5.41) is 6.03. The third-order valence-electron chi connectivity index (χ3n) is 4.70. The van der Waals surface area contributed by atoms with Crippen molar-refractivity contribution in [2.24, 2.45) is 5.92 Å². The Balaban J connectivity index is 1.62. The van der Waals surface area contributed by atoms with Gasteiger partial charge in [-0.1, -0.05) is 13.8 Å². The lowest BCUT2D eigenvalue weighted by Crippen LogP contribution is -2.48. The van der Waals surface area contributed by atoms with Gasteiger partial charge in [0.25, 0.3) is 5.91 Å². The van der Waals surface area contributed by atoms with E-state index in [1.54, 1.807) is 11.3 Å². The molecule has 3 heterocycles. The second-order valence-corrected chi connectivity index (χ2v) is 8.34. The highest BCUT2D eigenvalue weighted by molar-refractivity contribution is 7.13. The van der Waals surface area contributed by atoms with Gasteiger partial charge in [0.1, 0.15) is 5.00 Å². The molecule has 26 heavy (non-hydrogen) atoms. The first kappa shape index (κ1) is 19.1. The van der Waals surface area contributed by atoms with Crippen molar-refractivity contribution in [2.45, 2.75) is 33.8 Å². The summed E-state index contributed by atoms with van der Waals surface area (Å²) in [6.07, 6.45) is 0.0589. The summed E-state index contributed by atoms with van der Waals surface area (Å²) in [4.78, 5) is 15.2. The quantitative estimate of drug-likeness (QED) is 0.843. The van der Waals surface area contributed by atoms with Crippen molar-refractivity contribution in [1.29, 1.82) is 0 Å². The van der Waals surface area contributed by atoms with Gasteiger partial charge in [-0.05, 0) is 43.3 Å². The molecule has 0 saturated carbocycles. The summed E-state index contributed by atoms with van der Waals surface area (Å²) in [6, 6.07) is 6.06. The van der Waals surface area contributed by atoms with Crippen molar-refractivity contribution in [3.63, 3.8) is 0 Å². The molecule has 1 aliphatic heterocycles. The van der Waals surface area contributed by atoms with E-state index >= 15 is 0 Å². The number of aryl methyl sites for hydroxylation is 2. The highest BCUT2D eigenvalue weighted by Crippen LogP contribution is 2.25. The molecule has 0 radical (unpaired) electrons. The highest BCUT2D eigenvalue weighted by Gasteiger charge is 2.23. The van der Waals surface area contributed by atoms with Crippen molar-refractivity contribution < 1.29 is 9.53 Å². The first-order valence-corrected chi connectivity index (χ1v) is 10.2. The summed E-state index contributed by atoms with van der Waals surface area (Å²) < 4.78 is 7.98. The number of hydrogen-bond acceptors (Lipinski definition) is 4. The Morgan fingerprint density at radius 1 is 1.31 bits per heavy atom. The molecular formula is C20H29N3O2S. The van der Waals surface area contributed by atoms with Gasteiger partial charge in [-0.3, -0.25) is 9.69 Å². The molecule has 1 fully saturated rings. The van der Waals surface area contributed by atoms with Gasteiger partial charge >= 0.3 is 0 Å². The number of morpholine rings is 1. The number of hydrogen-bond donors (Lipinski definition) is 1. The molecule has 142 valence electrons. The van der Waals surface area contributed by atoms with Gasteiger partial charge in [-0.25, -0.2) is 0 Å². The maximum Gasteiger partial charge on any atom is 0.254 e. The zero-order valence-electron chi connectivity index (χ0n) is 16.1. The van der Waals surface area contributed by atoms with Crippen LogP contribution < -0.4 is 5.32 Å². The first-order chi connectivity index (χ1) is 12.5. The van der Waals surface area contributed by atoms with Crippen molar-refractivity contribution >= 4 is 17.2 Å². The molecule has 1 aliphatic rings. The van der Waals surface area contributed by atoms with Crippen molar-refractivity contribution in [2.75, 3.05) is 32.8 Å². The molecule has 0 bridgehead atoms. The molecule has 2 aromatic rings. The predicted octanol–water partition coefficient (Wildman–Crippen LogP) is 3.24. The van der Waals surface area contributed by atoms with Crippen LogP contribution in [0.4, 0.5) is 0 Å². The standard InChI is InChI=1S/C20H29N3O2S/c1-14(2)12-22-8-9-25-17(13-22)11-21-19(24)18-7-10-26-20(18)23-15(3)5-6-16(23)4/h5-7,10,14,17H,8-9,11-13H2,1-4H3,(H,21,24). The molecule has 1 unspecified atom stereocenters. The largest absolute Gasteiger partial charge is 0.374 e. The molecule has 5 nitrogen and oxygen atoms in total. The minimum Gasteiger partial charge on any atom is -0.374 e. The Labute approximate surface area is 160 Å². The van der Waals surface area contributed by atoms with E-state index in [9.17, 15) is 4.79 Å². The summed E-state index contributed by atoms with van der Waals surface area (Å²) in [7, 11) is 0. The van der Waals surface area contributed by atoms with Crippen LogP contribution in [0.2, 0.25) is 0 Å². The van der Waals surface area contributed by atoms with Crippen LogP contribution in [0.3, 0.4) is 0 Å².